The lowest BCUT2D eigenvalue weighted by Crippen LogP contribution is -2.47. The van der Waals surface area contributed by atoms with E-state index in [-0.39, 0.29) is 6.92 Å². The Balaban J connectivity index is 1.59. The van der Waals surface area contributed by atoms with Gasteiger partial charge in [-0.1, -0.05) is 109 Å². The van der Waals surface area contributed by atoms with Crippen LogP contribution in [0.15, 0.2) is 126 Å². The Labute approximate surface area is 178 Å². The maximum absolute atomic E-state index is 6.50. The highest BCUT2D eigenvalue weighted by molar-refractivity contribution is 6.80. The SMILES string of the molecule is C(/C=C/c1ccccc1)=Nc1ccccc1OB(c1ccccc1)c1ccccc1. The van der Waals surface area contributed by atoms with Crippen LogP contribution in [0.4, 0.5) is 5.69 Å². The second kappa shape index (κ2) is 10.1. The van der Waals surface area contributed by atoms with Gasteiger partial charge in [0.05, 0.1) is 0 Å². The monoisotopic (exact) mass is 387 g/mol. The fraction of sp³-hybridized carbons (Fsp3) is 0. The Hall–Kier alpha value is -3.85. The number of rotatable bonds is 7. The summed E-state index contributed by atoms with van der Waals surface area (Å²) in [5, 5.41) is 0. The van der Waals surface area contributed by atoms with Crippen LogP contribution in [-0.4, -0.2) is 13.1 Å². The van der Waals surface area contributed by atoms with Crippen LogP contribution in [0.1, 0.15) is 5.56 Å². The topological polar surface area (TPSA) is 21.6 Å². The number of benzene rings is 4. The van der Waals surface area contributed by atoms with Crippen molar-refractivity contribution in [2.24, 2.45) is 4.99 Å². The van der Waals surface area contributed by atoms with Crippen LogP contribution in [-0.2, 0) is 0 Å². The van der Waals surface area contributed by atoms with E-state index in [2.05, 4.69) is 41.4 Å². The van der Waals surface area contributed by atoms with Crippen LogP contribution in [0.5, 0.6) is 5.75 Å². The van der Waals surface area contributed by atoms with E-state index in [1.807, 2.05) is 91.0 Å². The minimum Gasteiger partial charge on any atom is -0.550 e. The van der Waals surface area contributed by atoms with Crippen LogP contribution in [0.2, 0.25) is 0 Å². The third-order valence-corrected chi connectivity index (χ3v) is 4.70. The normalized spacial score (nSPS) is 11.1. The molecule has 30 heavy (non-hydrogen) atoms. The van der Waals surface area contributed by atoms with Crippen molar-refractivity contribution in [3.8, 4) is 5.75 Å². The molecule has 0 saturated heterocycles. The van der Waals surface area contributed by atoms with Gasteiger partial charge in [0.2, 0.25) is 0 Å². The van der Waals surface area contributed by atoms with Crippen LogP contribution in [0.25, 0.3) is 6.08 Å². The lowest BCUT2D eigenvalue weighted by atomic mass is 9.55. The first-order valence-corrected chi connectivity index (χ1v) is 10.0. The fourth-order valence-corrected chi connectivity index (χ4v) is 3.22. The zero-order chi connectivity index (χ0) is 20.4. The Morgan fingerprint density at radius 3 is 1.77 bits per heavy atom. The van der Waals surface area contributed by atoms with Crippen LogP contribution in [0, 0.1) is 0 Å². The van der Waals surface area contributed by atoms with Crippen molar-refractivity contribution in [1.82, 2.24) is 0 Å². The van der Waals surface area contributed by atoms with Crippen LogP contribution in [0.3, 0.4) is 0 Å². The molecule has 4 rings (SSSR count). The summed E-state index contributed by atoms with van der Waals surface area (Å²) in [6.45, 7) is -0.205. The third kappa shape index (κ3) is 5.15. The average molecular weight is 387 g/mol. The van der Waals surface area contributed by atoms with Crippen molar-refractivity contribution >= 4 is 35.8 Å². The highest BCUT2D eigenvalue weighted by atomic mass is 16.4. The highest BCUT2D eigenvalue weighted by Gasteiger charge is 2.24. The van der Waals surface area contributed by atoms with Gasteiger partial charge in [0.25, 0.3) is 0 Å². The summed E-state index contributed by atoms with van der Waals surface area (Å²) >= 11 is 0. The van der Waals surface area contributed by atoms with Gasteiger partial charge in [-0.3, -0.25) is 4.99 Å². The van der Waals surface area contributed by atoms with E-state index in [0.717, 1.165) is 27.9 Å². The minimum atomic E-state index is -0.205. The first kappa shape index (κ1) is 19.5. The molecule has 0 atom stereocenters. The van der Waals surface area contributed by atoms with Crippen molar-refractivity contribution in [3.05, 3.63) is 127 Å². The molecule has 0 fully saturated rings. The van der Waals surface area contributed by atoms with Gasteiger partial charge in [0.15, 0.2) is 0 Å². The van der Waals surface area contributed by atoms with Crippen LogP contribution >= 0.6 is 0 Å². The predicted molar refractivity (Wildman–Crippen MR) is 129 cm³/mol. The Morgan fingerprint density at radius 1 is 0.600 bits per heavy atom. The molecule has 0 bridgehead atoms. The lowest BCUT2D eigenvalue weighted by Gasteiger charge is -2.18. The summed E-state index contributed by atoms with van der Waals surface area (Å²) in [6.07, 6.45) is 5.77. The van der Waals surface area contributed by atoms with Gasteiger partial charge in [0.1, 0.15) is 11.4 Å². The van der Waals surface area contributed by atoms with Crippen molar-refractivity contribution in [3.63, 3.8) is 0 Å². The molecule has 2 nitrogen and oxygen atoms in total. The van der Waals surface area contributed by atoms with Gasteiger partial charge in [-0.2, -0.15) is 0 Å². The fourth-order valence-electron chi connectivity index (χ4n) is 3.22. The van der Waals surface area contributed by atoms with Gasteiger partial charge >= 0.3 is 6.92 Å². The van der Waals surface area contributed by atoms with Crippen molar-refractivity contribution in [1.29, 1.82) is 0 Å². The largest absolute Gasteiger partial charge is 0.550 e. The molecule has 0 unspecified atom stereocenters. The summed E-state index contributed by atoms with van der Waals surface area (Å²) in [4.78, 5) is 4.62. The van der Waals surface area contributed by atoms with Gasteiger partial charge in [0, 0.05) is 6.21 Å². The average Bonchev–Trinajstić information content (AvgIpc) is 2.83. The first-order chi connectivity index (χ1) is 14.9. The zero-order valence-corrected chi connectivity index (χ0v) is 16.6. The third-order valence-electron chi connectivity index (χ3n) is 4.70. The molecule has 4 aromatic carbocycles. The molecule has 0 saturated carbocycles. The molecular formula is C27H22BNO. The molecule has 0 aliphatic carbocycles. The smallest absolute Gasteiger partial charge is 0.426 e. The summed E-state index contributed by atoms with van der Waals surface area (Å²) in [7, 11) is 0. The molecule has 0 radical (unpaired) electrons. The maximum Gasteiger partial charge on any atom is 0.426 e. The van der Waals surface area contributed by atoms with Gasteiger partial charge < -0.3 is 4.65 Å². The molecule has 4 aromatic rings. The zero-order valence-electron chi connectivity index (χ0n) is 16.6. The lowest BCUT2D eigenvalue weighted by molar-refractivity contribution is 0.593. The molecule has 3 heteroatoms. The molecule has 0 spiro atoms. The number of para-hydroxylation sites is 2. The van der Waals surface area contributed by atoms with Crippen LogP contribution < -0.4 is 15.6 Å². The minimum absolute atomic E-state index is 0.205. The molecule has 0 N–H and O–H groups in total. The quantitative estimate of drug-likeness (QED) is 0.312. The molecular weight excluding hydrogens is 365 g/mol. The van der Waals surface area contributed by atoms with Crippen molar-refractivity contribution in [2.45, 2.75) is 0 Å². The number of hydrogen-bond donors (Lipinski definition) is 0. The number of aliphatic imine (C=N–C) groups is 1. The van der Waals surface area contributed by atoms with E-state index in [1.165, 1.54) is 0 Å². The second-order valence-electron chi connectivity index (χ2n) is 6.83. The molecule has 0 aliphatic rings. The van der Waals surface area contributed by atoms with E-state index in [9.17, 15) is 0 Å². The molecule has 0 heterocycles. The number of nitrogens with zero attached hydrogens (tertiary/aromatic N) is 1. The Kier molecular flexibility index (Phi) is 6.54. The summed E-state index contributed by atoms with van der Waals surface area (Å²) in [5.41, 5.74) is 4.15. The van der Waals surface area contributed by atoms with Gasteiger partial charge in [-0.05, 0) is 34.7 Å². The Morgan fingerprint density at radius 2 is 1.13 bits per heavy atom. The summed E-state index contributed by atoms with van der Waals surface area (Å²) in [6, 6.07) is 38.6. The highest BCUT2D eigenvalue weighted by Crippen LogP contribution is 2.27. The Bertz CT molecular complexity index is 1070. The van der Waals surface area contributed by atoms with Crippen molar-refractivity contribution < 1.29 is 4.65 Å². The van der Waals surface area contributed by atoms with Gasteiger partial charge in [-0.15, -0.1) is 0 Å². The number of hydrogen-bond acceptors (Lipinski definition) is 2. The molecule has 144 valence electrons. The van der Waals surface area contributed by atoms with E-state index in [1.54, 1.807) is 6.21 Å². The number of allylic oxidation sites excluding steroid dienone is 1. The first-order valence-electron chi connectivity index (χ1n) is 10.0. The van der Waals surface area contributed by atoms with Gasteiger partial charge in [-0.25, -0.2) is 0 Å². The summed E-state index contributed by atoms with van der Waals surface area (Å²) in [5.74, 6) is 0.750. The predicted octanol–water partition coefficient (Wildman–Crippen LogP) is 5.29. The van der Waals surface area contributed by atoms with E-state index in [4.69, 9.17) is 4.65 Å². The van der Waals surface area contributed by atoms with E-state index in [0.29, 0.717) is 0 Å². The molecule has 0 aromatic heterocycles. The maximum atomic E-state index is 6.50. The molecule has 0 aliphatic heterocycles. The van der Waals surface area contributed by atoms with E-state index >= 15 is 0 Å². The van der Waals surface area contributed by atoms with Crippen molar-refractivity contribution in [2.75, 3.05) is 0 Å². The second-order valence-corrected chi connectivity index (χ2v) is 6.83. The molecule has 0 amide bonds. The standard InChI is InChI=1S/C27H22BNO/c1-4-13-23(14-5-1)15-12-22-29-26-20-10-11-21-27(26)30-28(24-16-6-2-7-17-24)25-18-8-3-9-19-25/h1-22H/b15-12+,29-22?. The summed E-state index contributed by atoms with van der Waals surface area (Å²) < 4.78 is 6.50. The van der Waals surface area contributed by atoms with E-state index < -0.39 is 0 Å².